The summed E-state index contributed by atoms with van der Waals surface area (Å²) in [5, 5.41) is 12.6. The van der Waals surface area contributed by atoms with Gasteiger partial charge in [0, 0.05) is 61.3 Å². The van der Waals surface area contributed by atoms with Crippen molar-refractivity contribution < 1.29 is 17.6 Å². The van der Waals surface area contributed by atoms with E-state index in [-0.39, 0.29) is 42.9 Å². The van der Waals surface area contributed by atoms with Gasteiger partial charge in [0.15, 0.2) is 0 Å². The molecule has 0 aliphatic heterocycles. The van der Waals surface area contributed by atoms with Gasteiger partial charge in [-0.2, -0.15) is 30.1 Å². The molecule has 256 valence electrons. The predicted octanol–water partition coefficient (Wildman–Crippen LogP) is 8.03. The van der Waals surface area contributed by atoms with Crippen LogP contribution in [0.2, 0.25) is 15.5 Å². The summed E-state index contributed by atoms with van der Waals surface area (Å²) in [5.41, 5.74) is 9.01. The molecule has 0 amide bonds. The van der Waals surface area contributed by atoms with Gasteiger partial charge in [-0.15, -0.1) is 0 Å². The van der Waals surface area contributed by atoms with Gasteiger partial charge in [0.2, 0.25) is 11.8 Å². The standard InChI is InChI=1S/C15H18ClF2N5.C9H8Cl2N4.C6H11F2N/c1-9-7-10(2)23(22-9)14-20-12(16)8-13(21-14)19-11-3-5-15(17,18)6-4-11;1-5-3-6(2)15(14-5)9-12-7(10)4-8(11)13-9;7-6(8)3-1-5(9)2-4-6/h7-8,11H,3-6H2,1-2H3,(H,19,20,21);3-4H,1-2H3;5H,1-4,9H2. The molecule has 2 aliphatic rings. The first-order chi connectivity index (χ1) is 22.0. The molecule has 10 nitrogen and oxygen atoms in total. The molecular formula is C30H37Cl3F4N10. The van der Waals surface area contributed by atoms with Gasteiger partial charge in [0.05, 0.1) is 11.4 Å². The number of halogens is 7. The van der Waals surface area contributed by atoms with Gasteiger partial charge in [-0.1, -0.05) is 34.8 Å². The molecule has 2 saturated carbocycles. The molecule has 0 aromatic carbocycles. The summed E-state index contributed by atoms with van der Waals surface area (Å²) in [7, 11) is 0. The van der Waals surface area contributed by atoms with Crippen molar-refractivity contribution in [2.24, 2.45) is 5.73 Å². The van der Waals surface area contributed by atoms with Gasteiger partial charge in [0.25, 0.3) is 11.9 Å². The van der Waals surface area contributed by atoms with Gasteiger partial charge >= 0.3 is 0 Å². The van der Waals surface area contributed by atoms with E-state index in [0.717, 1.165) is 22.8 Å². The topological polar surface area (TPSA) is 125 Å². The van der Waals surface area contributed by atoms with Gasteiger partial charge in [-0.3, -0.25) is 0 Å². The first-order valence-electron chi connectivity index (χ1n) is 15.1. The summed E-state index contributed by atoms with van der Waals surface area (Å²) < 4.78 is 54.3. The van der Waals surface area contributed by atoms with Gasteiger partial charge < -0.3 is 11.1 Å². The molecule has 2 fully saturated rings. The van der Waals surface area contributed by atoms with Crippen LogP contribution < -0.4 is 11.1 Å². The van der Waals surface area contributed by atoms with Crippen LogP contribution in [0.5, 0.6) is 0 Å². The molecule has 0 spiro atoms. The third-order valence-electron chi connectivity index (χ3n) is 7.56. The lowest BCUT2D eigenvalue weighted by molar-refractivity contribution is -0.0377. The quantitative estimate of drug-likeness (QED) is 0.161. The molecule has 0 unspecified atom stereocenters. The summed E-state index contributed by atoms with van der Waals surface area (Å²) in [6.07, 6.45) is 1.53. The lowest BCUT2D eigenvalue weighted by atomic mass is 9.92. The number of nitrogens with one attached hydrogen (secondary N) is 1. The van der Waals surface area contributed by atoms with E-state index in [1.807, 2.05) is 39.8 Å². The normalized spacial score (nSPS) is 17.7. The van der Waals surface area contributed by atoms with Crippen LogP contribution in [0.15, 0.2) is 24.3 Å². The maximum absolute atomic E-state index is 13.2. The van der Waals surface area contributed by atoms with Crippen LogP contribution in [0.25, 0.3) is 11.9 Å². The van der Waals surface area contributed by atoms with Crippen LogP contribution in [-0.2, 0) is 0 Å². The van der Waals surface area contributed by atoms with E-state index in [9.17, 15) is 17.6 Å². The molecule has 17 heteroatoms. The van der Waals surface area contributed by atoms with Crippen LogP contribution in [-0.4, -0.2) is 63.4 Å². The fourth-order valence-corrected chi connectivity index (χ4v) is 5.76. The van der Waals surface area contributed by atoms with Gasteiger partial charge in [-0.25, -0.2) is 26.9 Å². The van der Waals surface area contributed by atoms with E-state index < -0.39 is 11.8 Å². The molecule has 6 rings (SSSR count). The van der Waals surface area contributed by atoms with Gasteiger partial charge in [-0.05, 0) is 65.5 Å². The Labute approximate surface area is 285 Å². The molecule has 0 atom stereocenters. The van der Waals surface area contributed by atoms with Crippen LogP contribution >= 0.6 is 34.8 Å². The van der Waals surface area contributed by atoms with Gasteiger partial charge in [0.1, 0.15) is 21.3 Å². The number of nitrogens with two attached hydrogens (primary N) is 1. The van der Waals surface area contributed by atoms with Crippen molar-refractivity contribution in [2.75, 3.05) is 5.32 Å². The maximum Gasteiger partial charge on any atom is 0.254 e. The van der Waals surface area contributed by atoms with E-state index in [2.05, 4.69) is 35.5 Å². The average molecular weight is 720 g/mol. The van der Waals surface area contributed by atoms with Crippen molar-refractivity contribution in [1.29, 1.82) is 0 Å². The number of hydrogen-bond donors (Lipinski definition) is 2. The van der Waals surface area contributed by atoms with Crippen molar-refractivity contribution in [3.05, 3.63) is 62.5 Å². The van der Waals surface area contributed by atoms with E-state index in [1.54, 1.807) is 15.4 Å². The third-order valence-corrected chi connectivity index (χ3v) is 8.14. The Hall–Kier alpha value is -3.07. The Bertz CT molecular complexity index is 1620. The van der Waals surface area contributed by atoms with Crippen LogP contribution in [0.4, 0.5) is 23.4 Å². The number of aryl methyl sites for hydroxylation is 4. The molecule has 4 heterocycles. The van der Waals surface area contributed by atoms with Crippen molar-refractivity contribution in [1.82, 2.24) is 39.5 Å². The molecule has 47 heavy (non-hydrogen) atoms. The average Bonchev–Trinajstić information content (AvgIpc) is 3.50. The number of hydrogen-bond acceptors (Lipinski definition) is 8. The molecule has 2 aliphatic carbocycles. The maximum atomic E-state index is 13.2. The highest BCUT2D eigenvalue weighted by Gasteiger charge is 2.35. The van der Waals surface area contributed by atoms with Crippen molar-refractivity contribution >= 4 is 40.6 Å². The third kappa shape index (κ3) is 11.0. The summed E-state index contributed by atoms with van der Waals surface area (Å²) in [4.78, 5) is 16.7. The summed E-state index contributed by atoms with van der Waals surface area (Å²) in [6, 6.07) is 6.92. The Morgan fingerprint density at radius 3 is 1.47 bits per heavy atom. The zero-order valence-electron chi connectivity index (χ0n) is 26.4. The van der Waals surface area contributed by atoms with Crippen molar-refractivity contribution in [2.45, 2.75) is 103 Å². The Balaban J connectivity index is 0.000000178. The Kier molecular flexibility index (Phi) is 12.1. The lowest BCUT2D eigenvalue weighted by Crippen LogP contribution is -2.32. The number of anilines is 1. The van der Waals surface area contributed by atoms with E-state index in [4.69, 9.17) is 40.5 Å². The molecule has 0 bridgehead atoms. The Morgan fingerprint density at radius 1 is 0.660 bits per heavy atom. The number of nitrogens with zero attached hydrogens (tertiary/aromatic N) is 8. The van der Waals surface area contributed by atoms with Crippen LogP contribution in [0.1, 0.15) is 74.1 Å². The zero-order valence-corrected chi connectivity index (χ0v) is 28.7. The smallest absolute Gasteiger partial charge is 0.254 e. The molecule has 4 aromatic heterocycles. The largest absolute Gasteiger partial charge is 0.367 e. The van der Waals surface area contributed by atoms with Crippen LogP contribution in [0, 0.1) is 27.7 Å². The van der Waals surface area contributed by atoms with E-state index in [1.165, 1.54) is 6.07 Å². The SMILES string of the molecule is Cc1cc(C)n(-c2nc(Cl)cc(Cl)n2)n1.Cc1cc(C)n(-c2nc(Cl)cc(NC3CCC(F)(F)CC3)n2)n1.NC1CCC(F)(F)CC1. The molecular weight excluding hydrogens is 683 g/mol. The number of rotatable bonds is 4. The van der Waals surface area contributed by atoms with Crippen molar-refractivity contribution in [3.8, 4) is 11.9 Å². The summed E-state index contributed by atoms with van der Waals surface area (Å²) >= 11 is 17.6. The second-order valence-electron chi connectivity index (χ2n) is 11.8. The van der Waals surface area contributed by atoms with E-state index >= 15 is 0 Å². The second kappa shape index (κ2) is 15.4. The predicted molar refractivity (Wildman–Crippen MR) is 175 cm³/mol. The molecule has 3 N–H and O–H groups in total. The minimum Gasteiger partial charge on any atom is -0.367 e. The zero-order chi connectivity index (χ0) is 34.5. The highest BCUT2D eigenvalue weighted by Crippen LogP contribution is 2.34. The van der Waals surface area contributed by atoms with E-state index in [0.29, 0.717) is 53.7 Å². The molecule has 4 aromatic rings. The first kappa shape index (κ1) is 36.8. The number of aromatic nitrogens is 8. The van der Waals surface area contributed by atoms with Crippen molar-refractivity contribution in [3.63, 3.8) is 0 Å². The summed E-state index contributed by atoms with van der Waals surface area (Å²) in [5.74, 6) is -3.68. The molecule has 0 radical (unpaired) electrons. The fraction of sp³-hybridized carbons (Fsp3) is 0.533. The summed E-state index contributed by atoms with van der Waals surface area (Å²) in [6.45, 7) is 7.60. The molecule has 0 saturated heterocycles. The van der Waals surface area contributed by atoms with Crippen LogP contribution in [0.3, 0.4) is 0 Å². The second-order valence-corrected chi connectivity index (χ2v) is 13.0. The highest BCUT2D eigenvalue weighted by molar-refractivity contribution is 6.33. The first-order valence-corrected chi connectivity index (χ1v) is 16.2. The highest BCUT2D eigenvalue weighted by atomic mass is 35.5. The number of alkyl halides is 4. The lowest BCUT2D eigenvalue weighted by Gasteiger charge is -2.29. The Morgan fingerprint density at radius 2 is 1.06 bits per heavy atom. The minimum atomic E-state index is -2.55. The monoisotopic (exact) mass is 718 g/mol. The fourth-order valence-electron chi connectivity index (χ4n) is 5.17. The minimum absolute atomic E-state index is 0.0182.